The van der Waals surface area contributed by atoms with E-state index in [0.29, 0.717) is 16.5 Å². The fraction of sp³-hybridized carbons (Fsp3) is 0.100. The number of nitrogens with zero attached hydrogens (tertiary/aromatic N) is 1. The number of halogens is 1. The summed E-state index contributed by atoms with van der Waals surface area (Å²) in [5.74, 6) is -1.76. The van der Waals surface area contributed by atoms with Gasteiger partial charge in [0.2, 0.25) is 5.91 Å². The number of benzene rings is 2. The third-order valence-corrected chi connectivity index (χ3v) is 4.42. The van der Waals surface area contributed by atoms with Crippen molar-refractivity contribution in [2.24, 2.45) is 0 Å². The molecule has 1 heterocycles. The van der Waals surface area contributed by atoms with E-state index in [-0.39, 0.29) is 17.3 Å². The Morgan fingerprint density at radius 2 is 1.72 bits per heavy atom. The quantitative estimate of drug-likeness (QED) is 0.601. The number of ether oxygens (including phenoxy) is 1. The molecule has 3 rings (SSSR count). The second kappa shape index (κ2) is 9.07. The van der Waals surface area contributed by atoms with Gasteiger partial charge < -0.3 is 10.1 Å². The third-order valence-electron chi connectivity index (χ3n) is 3.67. The molecule has 0 saturated carbocycles. The predicted octanol–water partition coefficient (Wildman–Crippen LogP) is 3.70. The van der Waals surface area contributed by atoms with E-state index in [0.717, 1.165) is 5.56 Å². The van der Waals surface area contributed by atoms with Gasteiger partial charge >= 0.3 is 5.97 Å². The molecule has 0 aliphatic heterocycles. The first-order valence-electron chi connectivity index (χ1n) is 8.47. The van der Waals surface area contributed by atoms with Gasteiger partial charge in [0.05, 0.1) is 11.3 Å². The highest BCUT2D eigenvalue weighted by atomic mass is 32.1. The Bertz CT molecular complexity index is 1030. The average molecular weight is 413 g/mol. The fourth-order valence-corrected chi connectivity index (χ4v) is 3.08. The summed E-state index contributed by atoms with van der Waals surface area (Å²) in [4.78, 5) is 39.3. The molecular formula is C20H16FN3O4S. The van der Waals surface area contributed by atoms with Crippen molar-refractivity contribution in [3.63, 3.8) is 0 Å². The number of carbonyl (C=O) groups excluding carboxylic acids is 3. The van der Waals surface area contributed by atoms with Gasteiger partial charge in [0.15, 0.2) is 11.7 Å². The Balaban J connectivity index is 1.51. The summed E-state index contributed by atoms with van der Waals surface area (Å²) >= 11 is 1.20. The van der Waals surface area contributed by atoms with E-state index < -0.39 is 18.5 Å². The predicted molar refractivity (Wildman–Crippen MR) is 107 cm³/mol. The maximum atomic E-state index is 13.0. The first kappa shape index (κ1) is 20.2. The van der Waals surface area contributed by atoms with Gasteiger partial charge in [0.1, 0.15) is 5.82 Å². The van der Waals surface area contributed by atoms with Crippen molar-refractivity contribution in [2.45, 2.75) is 6.92 Å². The Labute approximate surface area is 169 Å². The lowest BCUT2D eigenvalue weighted by molar-refractivity contribution is -0.119. The van der Waals surface area contributed by atoms with Crippen molar-refractivity contribution in [2.75, 3.05) is 17.2 Å². The Morgan fingerprint density at radius 3 is 2.38 bits per heavy atom. The molecule has 29 heavy (non-hydrogen) atoms. The number of hydrogen-bond acceptors (Lipinski definition) is 6. The van der Waals surface area contributed by atoms with Gasteiger partial charge in [-0.05, 0) is 48.5 Å². The van der Waals surface area contributed by atoms with Crippen LogP contribution >= 0.6 is 11.3 Å². The first-order valence-corrected chi connectivity index (χ1v) is 9.35. The lowest BCUT2D eigenvalue weighted by atomic mass is 10.2. The third kappa shape index (κ3) is 5.69. The second-order valence-corrected chi connectivity index (χ2v) is 6.79. The molecule has 2 aromatic carbocycles. The molecule has 9 heteroatoms. The molecule has 148 valence electrons. The minimum Gasteiger partial charge on any atom is -0.452 e. The molecule has 1 aromatic heterocycles. The van der Waals surface area contributed by atoms with Gasteiger partial charge in [-0.25, -0.2) is 14.2 Å². The van der Waals surface area contributed by atoms with Gasteiger partial charge in [-0.15, -0.1) is 11.3 Å². The summed E-state index contributed by atoms with van der Waals surface area (Å²) in [6, 6.07) is 11.9. The number of aromatic nitrogens is 1. The molecule has 2 amide bonds. The van der Waals surface area contributed by atoms with Crippen LogP contribution in [0.5, 0.6) is 0 Å². The van der Waals surface area contributed by atoms with Crippen molar-refractivity contribution in [3.8, 4) is 11.3 Å². The van der Waals surface area contributed by atoms with Crippen molar-refractivity contribution in [1.29, 1.82) is 0 Å². The standard InChI is InChI=1S/C20H16FN3O4S/c1-12(25)22-16-8-4-14(5-9-16)19(27)28-10-18(26)24-20-23-17(11-29-20)13-2-6-15(21)7-3-13/h2-9,11H,10H2,1H3,(H,22,25)(H,23,24,26). The number of esters is 1. The maximum Gasteiger partial charge on any atom is 0.338 e. The van der Waals surface area contributed by atoms with E-state index >= 15 is 0 Å². The molecular weight excluding hydrogens is 397 g/mol. The molecule has 0 saturated heterocycles. The highest BCUT2D eigenvalue weighted by Gasteiger charge is 2.12. The van der Waals surface area contributed by atoms with Crippen LogP contribution in [0.2, 0.25) is 0 Å². The highest BCUT2D eigenvalue weighted by molar-refractivity contribution is 7.14. The normalized spacial score (nSPS) is 10.3. The van der Waals surface area contributed by atoms with Crippen LogP contribution in [0, 0.1) is 5.82 Å². The SMILES string of the molecule is CC(=O)Nc1ccc(C(=O)OCC(=O)Nc2nc(-c3ccc(F)cc3)cs2)cc1. The highest BCUT2D eigenvalue weighted by Crippen LogP contribution is 2.25. The number of nitrogens with one attached hydrogen (secondary N) is 2. The van der Waals surface area contributed by atoms with Gasteiger partial charge in [-0.2, -0.15) is 0 Å². The molecule has 0 atom stereocenters. The smallest absolute Gasteiger partial charge is 0.338 e. The topological polar surface area (TPSA) is 97.4 Å². The van der Waals surface area contributed by atoms with E-state index in [4.69, 9.17) is 4.74 Å². The van der Waals surface area contributed by atoms with Crippen molar-refractivity contribution < 1.29 is 23.5 Å². The lowest BCUT2D eigenvalue weighted by Crippen LogP contribution is -2.20. The Kier molecular flexibility index (Phi) is 6.30. The minimum absolute atomic E-state index is 0.221. The van der Waals surface area contributed by atoms with Gasteiger partial charge in [0.25, 0.3) is 5.91 Å². The molecule has 0 radical (unpaired) electrons. The molecule has 0 fully saturated rings. The molecule has 0 spiro atoms. The van der Waals surface area contributed by atoms with Crippen LogP contribution in [0.15, 0.2) is 53.9 Å². The molecule has 0 unspecified atom stereocenters. The number of carbonyl (C=O) groups is 3. The van der Waals surface area contributed by atoms with Crippen LogP contribution in [0.25, 0.3) is 11.3 Å². The Hall–Kier alpha value is -3.59. The molecule has 3 aromatic rings. The summed E-state index contributed by atoms with van der Waals surface area (Å²) in [7, 11) is 0. The Morgan fingerprint density at radius 1 is 1.03 bits per heavy atom. The summed E-state index contributed by atoms with van der Waals surface area (Å²) in [6.07, 6.45) is 0. The number of rotatable bonds is 6. The van der Waals surface area contributed by atoms with Crippen LogP contribution in [-0.4, -0.2) is 29.4 Å². The number of thiazole rings is 1. The number of amides is 2. The maximum absolute atomic E-state index is 13.0. The zero-order chi connectivity index (χ0) is 20.8. The first-order chi connectivity index (χ1) is 13.9. The van der Waals surface area contributed by atoms with E-state index in [1.54, 1.807) is 29.6 Å². The summed E-state index contributed by atoms with van der Waals surface area (Å²) < 4.78 is 18.0. The van der Waals surface area contributed by atoms with Crippen molar-refractivity contribution in [3.05, 3.63) is 65.3 Å². The summed E-state index contributed by atoms with van der Waals surface area (Å²) in [6.45, 7) is 0.906. The number of hydrogen-bond donors (Lipinski definition) is 2. The second-order valence-electron chi connectivity index (χ2n) is 5.93. The van der Waals surface area contributed by atoms with Crippen LogP contribution in [-0.2, 0) is 14.3 Å². The van der Waals surface area contributed by atoms with Crippen LogP contribution in [0.3, 0.4) is 0 Å². The molecule has 0 aliphatic carbocycles. The molecule has 2 N–H and O–H groups in total. The molecule has 7 nitrogen and oxygen atoms in total. The van der Waals surface area contributed by atoms with Gasteiger partial charge in [-0.1, -0.05) is 0 Å². The van der Waals surface area contributed by atoms with E-state index in [1.807, 2.05) is 0 Å². The fourth-order valence-electron chi connectivity index (χ4n) is 2.35. The molecule has 0 aliphatic rings. The summed E-state index contributed by atoms with van der Waals surface area (Å²) in [5, 5.41) is 7.20. The summed E-state index contributed by atoms with van der Waals surface area (Å²) in [5.41, 5.74) is 2.12. The zero-order valence-electron chi connectivity index (χ0n) is 15.3. The van der Waals surface area contributed by atoms with Crippen LogP contribution in [0.1, 0.15) is 17.3 Å². The van der Waals surface area contributed by atoms with Crippen LogP contribution < -0.4 is 10.6 Å². The van der Waals surface area contributed by atoms with E-state index in [1.165, 1.54) is 42.5 Å². The number of anilines is 2. The van der Waals surface area contributed by atoms with Gasteiger partial charge in [0, 0.05) is 23.6 Å². The zero-order valence-corrected chi connectivity index (χ0v) is 16.1. The van der Waals surface area contributed by atoms with Crippen molar-refractivity contribution in [1.82, 2.24) is 4.98 Å². The lowest BCUT2D eigenvalue weighted by Gasteiger charge is -2.06. The largest absolute Gasteiger partial charge is 0.452 e. The van der Waals surface area contributed by atoms with E-state index in [9.17, 15) is 18.8 Å². The molecule has 0 bridgehead atoms. The minimum atomic E-state index is -0.666. The van der Waals surface area contributed by atoms with Crippen molar-refractivity contribution >= 4 is 39.9 Å². The van der Waals surface area contributed by atoms with E-state index in [2.05, 4.69) is 15.6 Å². The monoisotopic (exact) mass is 413 g/mol. The van der Waals surface area contributed by atoms with Gasteiger partial charge in [-0.3, -0.25) is 14.9 Å². The average Bonchev–Trinajstić information content (AvgIpc) is 3.15. The van der Waals surface area contributed by atoms with Crippen LogP contribution in [0.4, 0.5) is 15.2 Å².